The molecule has 0 fully saturated rings. The summed E-state index contributed by atoms with van der Waals surface area (Å²) in [6.07, 6.45) is 89.3. The lowest BCUT2D eigenvalue weighted by Crippen LogP contribution is -2.28. The molecule has 0 rings (SSSR count). The quantitative estimate of drug-likeness (QED) is 0.0373. The second-order valence-corrected chi connectivity index (χ2v) is 20.0. The zero-order valence-corrected chi connectivity index (χ0v) is 47.2. The number of rotatable bonds is 55. The highest BCUT2D eigenvalue weighted by molar-refractivity contribution is 5.70. The number of aliphatic hydroxyl groups is 1. The van der Waals surface area contributed by atoms with Gasteiger partial charge in [0.15, 0.2) is 6.10 Å². The Bertz CT molecular complexity index is 1410. The second kappa shape index (κ2) is 61.9. The van der Waals surface area contributed by atoms with Crippen molar-refractivity contribution >= 4 is 11.9 Å². The van der Waals surface area contributed by atoms with Crippen LogP contribution >= 0.6 is 0 Å². The molecular formula is C67H114O5. The maximum absolute atomic E-state index is 12.3. The summed E-state index contributed by atoms with van der Waals surface area (Å²) in [7, 11) is 0. The summed E-state index contributed by atoms with van der Waals surface area (Å²) in [4.78, 5) is 24.6. The number of esters is 2. The molecular weight excluding hydrogens is 885 g/mol. The summed E-state index contributed by atoms with van der Waals surface area (Å²) in [6, 6.07) is 0. The van der Waals surface area contributed by atoms with Gasteiger partial charge in [-0.2, -0.15) is 0 Å². The number of hydrogen-bond donors (Lipinski definition) is 1. The van der Waals surface area contributed by atoms with Crippen LogP contribution in [-0.4, -0.2) is 36.4 Å². The lowest BCUT2D eigenvalue weighted by molar-refractivity contribution is -0.161. The van der Waals surface area contributed by atoms with Crippen LogP contribution in [0.2, 0.25) is 0 Å². The van der Waals surface area contributed by atoms with Crippen LogP contribution in [-0.2, 0) is 19.1 Å². The smallest absolute Gasteiger partial charge is 0.306 e. The van der Waals surface area contributed by atoms with Gasteiger partial charge in [0.2, 0.25) is 0 Å². The van der Waals surface area contributed by atoms with Crippen LogP contribution in [0.4, 0.5) is 0 Å². The first-order chi connectivity index (χ1) is 35.6. The van der Waals surface area contributed by atoms with Crippen molar-refractivity contribution in [2.75, 3.05) is 13.2 Å². The summed E-state index contributed by atoms with van der Waals surface area (Å²) >= 11 is 0. The van der Waals surface area contributed by atoms with E-state index < -0.39 is 6.10 Å². The minimum atomic E-state index is -0.779. The van der Waals surface area contributed by atoms with Gasteiger partial charge < -0.3 is 14.6 Å². The molecule has 5 nitrogen and oxygen atoms in total. The standard InChI is InChI=1S/C67H114O5/c1-3-5-7-9-11-13-15-17-19-21-23-25-27-29-31-33-35-37-39-41-43-45-47-49-51-53-55-57-59-61-66(69)71-64-65(63-68)72-67(70)62-60-58-56-54-52-50-48-46-44-42-40-38-36-34-32-30-28-26-24-22-20-18-16-14-12-10-8-6-4-2/h5-8,11-14,17-20,23-26,30,32,65,68H,3-4,9-10,15-16,21-22,27-29,31,33-64H2,1-2H3/b7-5-,8-6-,13-11-,14-12-,19-17-,20-18-,25-23-,26-24-,32-30-. The molecule has 0 radical (unpaired) electrons. The van der Waals surface area contributed by atoms with Crippen molar-refractivity contribution < 1.29 is 24.2 Å². The Morgan fingerprint density at radius 3 is 0.833 bits per heavy atom. The predicted molar refractivity (Wildman–Crippen MR) is 315 cm³/mol. The van der Waals surface area contributed by atoms with Gasteiger partial charge >= 0.3 is 11.9 Å². The van der Waals surface area contributed by atoms with Crippen LogP contribution in [0.1, 0.15) is 284 Å². The van der Waals surface area contributed by atoms with Gasteiger partial charge in [0.1, 0.15) is 6.61 Å². The van der Waals surface area contributed by atoms with Crippen molar-refractivity contribution in [3.63, 3.8) is 0 Å². The maximum atomic E-state index is 12.3. The number of aliphatic hydroxyl groups excluding tert-OH is 1. The first-order valence-corrected chi connectivity index (χ1v) is 30.4. The zero-order chi connectivity index (χ0) is 52.0. The second-order valence-electron chi connectivity index (χ2n) is 20.0. The molecule has 412 valence electrons. The third-order valence-corrected chi connectivity index (χ3v) is 13.1. The molecule has 1 atom stereocenters. The molecule has 0 heterocycles. The molecule has 0 spiro atoms. The highest BCUT2D eigenvalue weighted by Gasteiger charge is 2.16. The van der Waals surface area contributed by atoms with E-state index in [-0.39, 0.29) is 25.2 Å². The molecule has 1 unspecified atom stereocenters. The van der Waals surface area contributed by atoms with Gasteiger partial charge in [0, 0.05) is 12.8 Å². The van der Waals surface area contributed by atoms with Gasteiger partial charge in [-0.3, -0.25) is 9.59 Å². The fraction of sp³-hybridized carbons (Fsp3) is 0.701. The van der Waals surface area contributed by atoms with Gasteiger partial charge in [-0.15, -0.1) is 0 Å². The summed E-state index contributed by atoms with van der Waals surface area (Å²) in [5.41, 5.74) is 0. The van der Waals surface area contributed by atoms with Crippen LogP contribution in [0, 0.1) is 0 Å². The Labute approximate surface area is 446 Å². The van der Waals surface area contributed by atoms with E-state index in [1.807, 2.05) is 0 Å². The average molecular weight is 1000 g/mol. The van der Waals surface area contributed by atoms with Crippen LogP contribution in [0.5, 0.6) is 0 Å². The minimum absolute atomic E-state index is 0.0688. The van der Waals surface area contributed by atoms with E-state index in [0.717, 1.165) is 96.3 Å². The third kappa shape index (κ3) is 59.1. The van der Waals surface area contributed by atoms with E-state index in [9.17, 15) is 14.7 Å². The average Bonchev–Trinajstić information content (AvgIpc) is 3.38. The van der Waals surface area contributed by atoms with Crippen molar-refractivity contribution in [2.45, 2.75) is 290 Å². The Morgan fingerprint density at radius 2 is 0.556 bits per heavy atom. The topological polar surface area (TPSA) is 72.8 Å². The van der Waals surface area contributed by atoms with Gasteiger partial charge in [-0.25, -0.2) is 0 Å². The molecule has 0 aromatic heterocycles. The van der Waals surface area contributed by atoms with Gasteiger partial charge in [0.05, 0.1) is 6.61 Å². The van der Waals surface area contributed by atoms with E-state index in [0.29, 0.717) is 12.8 Å². The Morgan fingerprint density at radius 1 is 0.319 bits per heavy atom. The summed E-state index contributed by atoms with van der Waals surface area (Å²) in [5, 5.41) is 9.68. The number of carbonyl (C=O) groups excluding carboxylic acids is 2. The van der Waals surface area contributed by atoms with E-state index in [1.165, 1.54) is 161 Å². The summed E-state index contributed by atoms with van der Waals surface area (Å²) in [5.74, 6) is -0.587. The molecule has 0 aromatic rings. The third-order valence-electron chi connectivity index (χ3n) is 13.1. The molecule has 0 aliphatic rings. The number of ether oxygens (including phenoxy) is 2. The molecule has 0 amide bonds. The van der Waals surface area contributed by atoms with Crippen molar-refractivity contribution in [1.82, 2.24) is 0 Å². The lowest BCUT2D eigenvalue weighted by Gasteiger charge is -2.15. The molecule has 0 aromatic carbocycles. The van der Waals surface area contributed by atoms with Crippen molar-refractivity contribution in [3.05, 3.63) is 109 Å². The van der Waals surface area contributed by atoms with Crippen molar-refractivity contribution in [3.8, 4) is 0 Å². The van der Waals surface area contributed by atoms with E-state index >= 15 is 0 Å². The van der Waals surface area contributed by atoms with Gasteiger partial charge in [-0.1, -0.05) is 284 Å². The molecule has 1 N–H and O–H groups in total. The number of carbonyl (C=O) groups is 2. The van der Waals surface area contributed by atoms with Gasteiger partial charge in [-0.05, 0) is 96.3 Å². The monoisotopic (exact) mass is 999 g/mol. The van der Waals surface area contributed by atoms with Crippen LogP contribution in [0.25, 0.3) is 0 Å². The van der Waals surface area contributed by atoms with Crippen LogP contribution in [0.3, 0.4) is 0 Å². The largest absolute Gasteiger partial charge is 0.462 e. The molecule has 72 heavy (non-hydrogen) atoms. The predicted octanol–water partition coefficient (Wildman–Crippen LogP) is 20.9. The van der Waals surface area contributed by atoms with E-state index in [1.54, 1.807) is 0 Å². The SMILES string of the molecule is CC/C=C\C/C=C\C/C=C\C/C=C\C/C=C\CCCCCCCCCCCCCCCC(=O)OC(CO)COC(=O)CCCCCCCCCCCCCCCCCC/C=C\C/C=C\C/C=C\C/C=C\CC. The van der Waals surface area contributed by atoms with E-state index in [4.69, 9.17) is 9.47 Å². The first kappa shape index (κ1) is 68.6. The first-order valence-electron chi connectivity index (χ1n) is 30.4. The van der Waals surface area contributed by atoms with Crippen molar-refractivity contribution in [2.24, 2.45) is 0 Å². The highest BCUT2D eigenvalue weighted by Crippen LogP contribution is 2.17. The molecule has 0 saturated heterocycles. The normalized spacial score (nSPS) is 13.0. The van der Waals surface area contributed by atoms with Gasteiger partial charge in [0.25, 0.3) is 0 Å². The number of allylic oxidation sites excluding steroid dienone is 18. The summed E-state index contributed by atoms with van der Waals surface area (Å²) in [6.45, 7) is 3.94. The molecule has 5 heteroatoms. The Hall–Kier alpha value is -3.44. The number of unbranched alkanes of at least 4 members (excludes halogenated alkanes) is 29. The molecule has 0 aliphatic carbocycles. The molecule has 0 saturated carbocycles. The minimum Gasteiger partial charge on any atom is -0.462 e. The van der Waals surface area contributed by atoms with Crippen molar-refractivity contribution in [1.29, 1.82) is 0 Å². The Kier molecular flexibility index (Phi) is 58.9. The summed E-state index contributed by atoms with van der Waals surface area (Å²) < 4.78 is 10.7. The highest BCUT2D eigenvalue weighted by atomic mass is 16.6. The number of hydrogen-bond acceptors (Lipinski definition) is 5. The van der Waals surface area contributed by atoms with E-state index in [2.05, 4.69) is 123 Å². The lowest BCUT2D eigenvalue weighted by atomic mass is 10.0. The van der Waals surface area contributed by atoms with Crippen LogP contribution in [0.15, 0.2) is 109 Å². The molecule has 0 aliphatic heterocycles. The Balaban J connectivity index is 3.48. The molecule has 0 bridgehead atoms. The van der Waals surface area contributed by atoms with Crippen LogP contribution < -0.4 is 0 Å². The maximum Gasteiger partial charge on any atom is 0.306 e. The zero-order valence-electron chi connectivity index (χ0n) is 47.2. The fourth-order valence-electron chi connectivity index (χ4n) is 8.58. The fourth-order valence-corrected chi connectivity index (χ4v) is 8.58.